The van der Waals surface area contributed by atoms with Gasteiger partial charge in [-0.25, -0.2) is 0 Å². The fraction of sp³-hybridized carbons (Fsp3) is 0.622. The number of nitrogens with zero attached hydrogens (tertiary/aromatic N) is 3. The van der Waals surface area contributed by atoms with Crippen LogP contribution in [0.25, 0.3) is 10.4 Å². The molecule has 0 aliphatic carbocycles. The Morgan fingerprint density at radius 2 is 0.645 bits per heavy atom. The largest absolute Gasteiger partial charge is 0.481 e. The highest BCUT2D eigenvalue weighted by molar-refractivity contribution is 5.76. The van der Waals surface area contributed by atoms with Gasteiger partial charge in [0, 0.05) is 36.0 Å². The molecule has 7 aromatic carbocycles. The maximum absolute atomic E-state index is 14.3. The fourth-order valence-electron chi connectivity index (χ4n) is 18.3. The van der Waals surface area contributed by atoms with Crippen LogP contribution in [0.3, 0.4) is 0 Å². The Balaban J connectivity index is 0.000000374. The van der Waals surface area contributed by atoms with Crippen molar-refractivity contribution in [3.8, 4) is 0 Å². The van der Waals surface area contributed by atoms with E-state index in [0.717, 1.165) is 135 Å². The van der Waals surface area contributed by atoms with E-state index >= 15 is 0 Å². The van der Waals surface area contributed by atoms with Gasteiger partial charge in [-0.15, -0.1) is 0 Å². The molecule has 7 aromatic rings. The Bertz CT molecular complexity index is 4160. The van der Waals surface area contributed by atoms with Crippen LogP contribution in [0, 0.1) is 35.5 Å². The van der Waals surface area contributed by atoms with E-state index in [-0.39, 0.29) is 73.7 Å². The summed E-state index contributed by atoms with van der Waals surface area (Å²) in [5.74, 6) is 0.635. The summed E-state index contributed by atoms with van der Waals surface area (Å²) < 4.78 is 72.4. The molecular formula is C119H178N4O15. The minimum Gasteiger partial charge on any atom is -0.481 e. The Kier molecular flexibility index (Phi) is 63.3. The van der Waals surface area contributed by atoms with Gasteiger partial charge in [-0.1, -0.05) is 479 Å². The van der Waals surface area contributed by atoms with Crippen molar-refractivity contribution in [2.75, 3.05) is 26.4 Å². The van der Waals surface area contributed by atoms with E-state index in [0.29, 0.717) is 90.1 Å². The quantitative estimate of drug-likeness (QED) is 0.0119. The molecule has 19 heteroatoms. The lowest BCUT2D eigenvalue weighted by Crippen LogP contribution is -2.54. The molecular weight excluding hydrogens is 1730 g/mol. The van der Waals surface area contributed by atoms with Crippen molar-refractivity contribution >= 4 is 17.8 Å². The first-order chi connectivity index (χ1) is 67.6. The van der Waals surface area contributed by atoms with Gasteiger partial charge in [0.05, 0.1) is 109 Å². The highest BCUT2D eigenvalue weighted by Gasteiger charge is 2.44. The minimum absolute atomic E-state index is 0.00756. The second-order valence-electron chi connectivity index (χ2n) is 39.0. The molecule has 0 spiro atoms. The van der Waals surface area contributed by atoms with Crippen LogP contribution in [-0.4, -0.2) is 111 Å². The topological polar surface area (TPSA) is 234 Å². The molecule has 0 saturated carbocycles. The van der Waals surface area contributed by atoms with Crippen molar-refractivity contribution in [2.24, 2.45) is 40.6 Å². The third kappa shape index (κ3) is 50.5. The third-order valence-corrected chi connectivity index (χ3v) is 27.9. The summed E-state index contributed by atoms with van der Waals surface area (Å²) in [5.41, 5.74) is 17.5. The maximum Gasteiger partial charge on any atom is 0.306 e. The molecule has 2 saturated heterocycles. The minimum atomic E-state index is -0.745. The van der Waals surface area contributed by atoms with Crippen LogP contribution in [0.1, 0.15) is 345 Å². The second-order valence-corrected chi connectivity index (χ2v) is 39.0. The number of aliphatic carboxylic acids is 1. The smallest absolute Gasteiger partial charge is 0.306 e. The predicted molar refractivity (Wildman–Crippen MR) is 558 cm³/mol. The molecule has 2 aliphatic heterocycles. The summed E-state index contributed by atoms with van der Waals surface area (Å²) in [5, 5.41) is 15.5. The molecule has 16 atom stereocenters. The summed E-state index contributed by atoms with van der Waals surface area (Å²) in [6.07, 6.45) is 40.0. The van der Waals surface area contributed by atoms with E-state index < -0.39 is 42.8 Å². The van der Waals surface area contributed by atoms with Crippen LogP contribution in [0.15, 0.2) is 217 Å². The van der Waals surface area contributed by atoms with Crippen molar-refractivity contribution in [3.63, 3.8) is 0 Å². The summed E-state index contributed by atoms with van der Waals surface area (Å²) in [7, 11) is 0. The number of carbonyl (C=O) groups excluding carboxylic acids is 2. The van der Waals surface area contributed by atoms with Gasteiger partial charge in [0.1, 0.15) is 12.7 Å². The van der Waals surface area contributed by atoms with Gasteiger partial charge in [0.2, 0.25) is 5.91 Å². The number of unbranched alkanes of at least 4 members (excludes halogenated alkanes) is 30. The average Bonchev–Trinajstić information content (AvgIpc) is 0.811. The Morgan fingerprint density at radius 1 is 0.355 bits per heavy atom. The number of rotatable bonds is 73. The SMILES string of the molecule is CCC(=O)O.CCCCCCCCCCCCCC[C@@H](OCc1ccccc1)[C@@H](OCc1ccccc1)[C@H](CO[C@H]1OC(COCc2ccccc2)[C@H](C)[C@H](C)C1C)N=[N+]=[N-].CCCCCCCCCCCCCC[C@@H](OCc1ccccc1)[C@@H](OCc1ccccc1)[C@H](CO[C@H]1OC(COCc2ccccc2)[C@H](C)[C@H](C)C1C)NC(=O)CCCCCCCCCCCC(=O)OCc1ccccc1. The van der Waals surface area contributed by atoms with Crippen LogP contribution < -0.4 is 5.32 Å². The third-order valence-electron chi connectivity index (χ3n) is 27.9. The van der Waals surface area contributed by atoms with Gasteiger partial charge in [0.25, 0.3) is 0 Å². The first-order valence-electron chi connectivity index (χ1n) is 53.7. The fourth-order valence-corrected chi connectivity index (χ4v) is 18.3. The molecule has 0 aromatic heterocycles. The number of hydrogen-bond acceptors (Lipinski definition) is 15. The molecule has 19 nitrogen and oxygen atoms in total. The van der Waals surface area contributed by atoms with Crippen LogP contribution in [0.4, 0.5) is 0 Å². The number of nitrogens with one attached hydrogen (secondary N) is 1. The van der Waals surface area contributed by atoms with Crippen LogP contribution in [0.2, 0.25) is 0 Å². The first-order valence-corrected chi connectivity index (χ1v) is 53.7. The number of carboxylic acids is 1. The molecule has 764 valence electrons. The van der Waals surface area contributed by atoms with Crippen LogP contribution >= 0.6 is 0 Å². The van der Waals surface area contributed by atoms with Crippen molar-refractivity contribution in [1.82, 2.24) is 5.32 Å². The molecule has 1 amide bonds. The lowest BCUT2D eigenvalue weighted by atomic mass is 9.79. The summed E-state index contributed by atoms with van der Waals surface area (Å²) in [6, 6.07) is 70.3. The number of hydrogen-bond donors (Lipinski definition) is 2. The Labute approximate surface area is 832 Å². The van der Waals surface area contributed by atoms with Crippen molar-refractivity contribution < 1.29 is 71.6 Å². The number of carboxylic acid groups (broad SMARTS) is 1. The predicted octanol–water partition coefficient (Wildman–Crippen LogP) is 29.9. The van der Waals surface area contributed by atoms with Crippen molar-refractivity contribution in [2.45, 2.75) is 414 Å². The molecule has 2 fully saturated rings. The van der Waals surface area contributed by atoms with E-state index in [9.17, 15) is 19.9 Å². The summed E-state index contributed by atoms with van der Waals surface area (Å²) in [6.45, 7) is 24.0. The van der Waals surface area contributed by atoms with Crippen molar-refractivity contribution in [1.29, 1.82) is 0 Å². The lowest BCUT2D eigenvalue weighted by molar-refractivity contribution is -0.262. The molecule has 2 N–H and O–H groups in total. The normalized spacial score (nSPS) is 19.3. The highest BCUT2D eigenvalue weighted by Crippen LogP contribution is 2.39. The standard InChI is InChI=1S/C68H101NO8.C48H71N3O5.C3H6O2/c1-5-6-7-8-9-10-11-12-14-17-20-35-46-63(73-50-59-40-29-24-30-41-59)67(75-52-61-44-33-26-34-45-61)62(53-76-68-57(4)55(2)56(3)64(77-68)54-72-49-58-38-27-23-28-39-58)69-65(70)47-36-21-18-15-13-16-19-22-37-48-66(71)74-51-60-42-31-25-32-43-60;1-5-6-7-8-9-10-11-12-13-14-15-25-32-45(53-34-42-28-21-17-22-29-42)47(54-35-43-30-23-18-24-31-43)44(50-51-49)36-55-48-40(4)38(2)39(3)46(56-48)37-52-33-41-26-19-16-20-27-41;1-2-3(4)5/h23-34,38-45,55-57,62-64,67-68H,5-22,35-37,46-54H2,1-4H3,(H,69,70);16-24,26-31,38-40,44-48H,5-15,25,32-37H2,1-4H3;2H2,1H3,(H,4,5)/t55-,56+,57?,62-,63+,64?,67-,68-;38-,39+,40?,44-,45+,46?,47-,48-;/m00./s1. The van der Waals surface area contributed by atoms with Gasteiger partial charge in [0.15, 0.2) is 12.6 Å². The molecule has 138 heavy (non-hydrogen) atoms. The highest BCUT2D eigenvalue weighted by atomic mass is 16.7. The Morgan fingerprint density at radius 3 is 0.986 bits per heavy atom. The maximum atomic E-state index is 14.3. The summed E-state index contributed by atoms with van der Waals surface area (Å²) >= 11 is 0. The second kappa shape index (κ2) is 74.8. The average molecular weight is 1900 g/mol. The van der Waals surface area contributed by atoms with Crippen LogP contribution in [0.5, 0.6) is 0 Å². The zero-order chi connectivity index (χ0) is 98.3. The van der Waals surface area contributed by atoms with Gasteiger partial charge in [-0.3, -0.25) is 14.4 Å². The van der Waals surface area contributed by atoms with Gasteiger partial charge < -0.3 is 62.5 Å². The zero-order valence-corrected chi connectivity index (χ0v) is 86.1. The summed E-state index contributed by atoms with van der Waals surface area (Å²) in [4.78, 5) is 39.2. The lowest BCUT2D eigenvalue weighted by Gasteiger charge is -2.44. The van der Waals surface area contributed by atoms with E-state index in [2.05, 4.69) is 156 Å². The number of amides is 1. The Hall–Kier alpha value is -8.14. The number of azide groups is 1. The van der Waals surface area contributed by atoms with E-state index in [1.54, 1.807) is 6.92 Å². The monoisotopic (exact) mass is 1900 g/mol. The molecule has 2 heterocycles. The van der Waals surface area contributed by atoms with Gasteiger partial charge in [-0.2, -0.15) is 0 Å². The number of carbonyl (C=O) groups is 3. The molecule has 0 radical (unpaired) electrons. The molecule has 9 rings (SSSR count). The molecule has 2 aliphatic rings. The molecule has 0 bridgehead atoms. The van der Waals surface area contributed by atoms with Crippen molar-refractivity contribution in [3.05, 3.63) is 262 Å². The molecule has 4 unspecified atom stereocenters. The van der Waals surface area contributed by atoms with Crippen LogP contribution in [-0.2, 0) is 113 Å². The van der Waals surface area contributed by atoms with E-state index in [1.165, 1.54) is 128 Å². The first kappa shape index (κ1) is 117. The number of esters is 1. The number of ether oxygens (including phenoxy) is 11. The van der Waals surface area contributed by atoms with E-state index in [1.807, 2.05) is 127 Å². The van der Waals surface area contributed by atoms with Gasteiger partial charge >= 0.3 is 11.9 Å². The van der Waals surface area contributed by atoms with E-state index in [4.69, 9.17) is 57.2 Å². The number of benzene rings is 7. The zero-order valence-electron chi connectivity index (χ0n) is 86.1. The van der Waals surface area contributed by atoms with Gasteiger partial charge in [-0.05, 0) is 93.8 Å².